The fourth-order valence-electron chi connectivity index (χ4n) is 3.67. The highest BCUT2D eigenvalue weighted by Crippen LogP contribution is 2.29. The molecule has 7 nitrogen and oxygen atoms in total. The Bertz CT molecular complexity index is 674. The third kappa shape index (κ3) is 4.23. The van der Waals surface area contributed by atoms with Crippen molar-refractivity contribution in [3.8, 4) is 5.88 Å². The van der Waals surface area contributed by atoms with E-state index in [1.165, 1.54) is 0 Å². The zero-order valence-electron chi connectivity index (χ0n) is 15.1. The number of aromatic nitrogens is 2. The first-order chi connectivity index (χ1) is 12.0. The van der Waals surface area contributed by atoms with Gasteiger partial charge in [-0.2, -0.15) is 4.31 Å². The van der Waals surface area contributed by atoms with Crippen molar-refractivity contribution in [1.29, 1.82) is 0 Å². The van der Waals surface area contributed by atoms with E-state index in [2.05, 4.69) is 9.97 Å². The Morgan fingerprint density at radius 1 is 1.08 bits per heavy atom. The van der Waals surface area contributed by atoms with Gasteiger partial charge in [0, 0.05) is 33.0 Å². The van der Waals surface area contributed by atoms with Gasteiger partial charge in [0.15, 0.2) is 5.82 Å². The lowest BCUT2D eigenvalue weighted by Crippen LogP contribution is -2.48. The minimum Gasteiger partial charge on any atom is -0.470 e. The molecule has 1 atom stereocenters. The Labute approximate surface area is 150 Å². The number of nitrogens with zero attached hydrogens (tertiary/aromatic N) is 4. The molecule has 0 N–H and O–H groups in total. The number of sulfonamides is 1. The van der Waals surface area contributed by atoms with Crippen LogP contribution in [0.15, 0.2) is 12.4 Å². The molecule has 1 aliphatic carbocycles. The van der Waals surface area contributed by atoms with Crippen LogP contribution in [0, 0.1) is 0 Å². The highest BCUT2D eigenvalue weighted by atomic mass is 32.2. The lowest BCUT2D eigenvalue weighted by molar-refractivity contribution is 0.124. The molecular weight excluding hydrogens is 340 g/mol. The average molecular weight is 369 g/mol. The van der Waals surface area contributed by atoms with Crippen LogP contribution in [0.3, 0.4) is 0 Å². The van der Waals surface area contributed by atoms with Gasteiger partial charge in [0.25, 0.3) is 5.88 Å². The molecular formula is C17H28N4O3S. The average Bonchev–Trinajstić information content (AvgIpc) is 2.63. The molecule has 1 saturated carbocycles. The summed E-state index contributed by atoms with van der Waals surface area (Å²) in [5.41, 5.74) is 0. The normalized spacial score (nSPS) is 23.4. The Morgan fingerprint density at radius 2 is 1.80 bits per heavy atom. The second-order valence-electron chi connectivity index (χ2n) is 7.12. The first-order valence-electron chi connectivity index (χ1n) is 9.12. The zero-order valence-corrected chi connectivity index (χ0v) is 15.9. The molecule has 0 bridgehead atoms. The van der Waals surface area contributed by atoms with Crippen molar-refractivity contribution in [2.24, 2.45) is 0 Å². The number of ether oxygens (including phenoxy) is 1. The van der Waals surface area contributed by atoms with Crippen molar-refractivity contribution >= 4 is 15.8 Å². The van der Waals surface area contributed by atoms with Crippen LogP contribution in [0.4, 0.5) is 5.82 Å². The second kappa shape index (κ2) is 7.86. The molecule has 1 aromatic heterocycles. The molecule has 3 rings (SSSR count). The van der Waals surface area contributed by atoms with Gasteiger partial charge in [-0.25, -0.2) is 18.4 Å². The molecule has 2 heterocycles. The molecule has 0 spiro atoms. The van der Waals surface area contributed by atoms with E-state index in [-0.39, 0.29) is 11.4 Å². The van der Waals surface area contributed by atoms with Gasteiger partial charge in [-0.3, -0.25) is 0 Å². The summed E-state index contributed by atoms with van der Waals surface area (Å²) in [5.74, 6) is 1.13. The summed E-state index contributed by atoms with van der Waals surface area (Å²) in [6, 6.07) is 0. The standard InChI is InChI=1S/C17H28N4O3S/c1-20(2)16-17(19-11-10-18-16)24-14-7-6-12-21(13-14)25(22,23)15-8-4-3-5-9-15/h10-11,14-15H,3-9,12-13H2,1-2H3. The molecule has 8 heteroatoms. The van der Waals surface area contributed by atoms with Gasteiger partial charge in [-0.1, -0.05) is 19.3 Å². The summed E-state index contributed by atoms with van der Waals surface area (Å²) in [6.45, 7) is 1.00. The van der Waals surface area contributed by atoms with Crippen molar-refractivity contribution in [2.45, 2.75) is 56.3 Å². The van der Waals surface area contributed by atoms with Crippen LogP contribution in [0.2, 0.25) is 0 Å². The van der Waals surface area contributed by atoms with Crippen molar-refractivity contribution in [3.63, 3.8) is 0 Å². The molecule has 2 fully saturated rings. The van der Waals surface area contributed by atoms with Gasteiger partial charge in [0.05, 0.1) is 11.8 Å². The SMILES string of the molecule is CN(C)c1nccnc1OC1CCCN(S(=O)(=O)C2CCCCC2)C1. The highest BCUT2D eigenvalue weighted by molar-refractivity contribution is 7.89. The Morgan fingerprint density at radius 3 is 2.52 bits per heavy atom. The molecule has 1 aromatic rings. The third-order valence-electron chi connectivity index (χ3n) is 5.02. The molecule has 0 amide bonds. The lowest BCUT2D eigenvalue weighted by Gasteiger charge is -2.35. The number of hydrogen-bond acceptors (Lipinski definition) is 6. The van der Waals surface area contributed by atoms with Gasteiger partial charge in [0.1, 0.15) is 6.10 Å². The van der Waals surface area contributed by atoms with Crippen molar-refractivity contribution in [2.75, 3.05) is 32.1 Å². The van der Waals surface area contributed by atoms with Gasteiger partial charge in [0.2, 0.25) is 10.0 Å². The number of rotatable bonds is 5. The summed E-state index contributed by atoms with van der Waals surface area (Å²) in [7, 11) is 0.543. The van der Waals surface area contributed by atoms with Crippen molar-refractivity contribution < 1.29 is 13.2 Å². The van der Waals surface area contributed by atoms with Crippen LogP contribution in [-0.2, 0) is 10.0 Å². The molecule has 0 radical (unpaired) electrons. The van der Waals surface area contributed by atoms with E-state index in [0.29, 0.717) is 24.8 Å². The molecule has 1 saturated heterocycles. The maximum Gasteiger partial charge on any atom is 0.257 e. The van der Waals surface area contributed by atoms with E-state index < -0.39 is 10.0 Å². The van der Waals surface area contributed by atoms with Crippen LogP contribution in [0.5, 0.6) is 5.88 Å². The van der Waals surface area contributed by atoms with Gasteiger partial charge in [-0.05, 0) is 25.7 Å². The van der Waals surface area contributed by atoms with E-state index in [1.54, 1.807) is 16.7 Å². The van der Waals surface area contributed by atoms with E-state index in [9.17, 15) is 8.42 Å². The smallest absolute Gasteiger partial charge is 0.257 e. The van der Waals surface area contributed by atoms with Gasteiger partial charge in [-0.15, -0.1) is 0 Å². The fourth-order valence-corrected chi connectivity index (χ4v) is 5.78. The van der Waals surface area contributed by atoms with Crippen molar-refractivity contribution in [1.82, 2.24) is 14.3 Å². The maximum atomic E-state index is 12.9. The lowest BCUT2D eigenvalue weighted by atomic mass is 10.0. The Kier molecular flexibility index (Phi) is 5.78. The zero-order chi connectivity index (χ0) is 17.9. The van der Waals surface area contributed by atoms with Crippen LogP contribution >= 0.6 is 0 Å². The van der Waals surface area contributed by atoms with E-state index >= 15 is 0 Å². The van der Waals surface area contributed by atoms with E-state index in [0.717, 1.165) is 44.9 Å². The fraction of sp³-hybridized carbons (Fsp3) is 0.765. The van der Waals surface area contributed by atoms with Crippen LogP contribution in [0.1, 0.15) is 44.9 Å². The van der Waals surface area contributed by atoms with E-state index in [1.807, 2.05) is 19.0 Å². The molecule has 2 aliphatic rings. The predicted octanol–water partition coefficient (Wildman–Crippen LogP) is 2.05. The van der Waals surface area contributed by atoms with Gasteiger partial charge < -0.3 is 9.64 Å². The topological polar surface area (TPSA) is 75.6 Å². The van der Waals surface area contributed by atoms with Crippen molar-refractivity contribution in [3.05, 3.63) is 12.4 Å². The van der Waals surface area contributed by atoms with Crippen LogP contribution in [-0.4, -0.2) is 61.2 Å². The summed E-state index contributed by atoms with van der Waals surface area (Å²) < 4.78 is 33.6. The van der Waals surface area contributed by atoms with E-state index in [4.69, 9.17) is 4.74 Å². The first kappa shape index (κ1) is 18.4. The number of hydrogen-bond donors (Lipinski definition) is 0. The molecule has 1 aliphatic heterocycles. The molecule has 140 valence electrons. The van der Waals surface area contributed by atoms with Gasteiger partial charge >= 0.3 is 0 Å². The van der Waals surface area contributed by atoms with Crippen LogP contribution < -0.4 is 9.64 Å². The molecule has 0 aromatic carbocycles. The number of anilines is 1. The first-order valence-corrected chi connectivity index (χ1v) is 10.6. The third-order valence-corrected chi connectivity index (χ3v) is 7.39. The summed E-state index contributed by atoms with van der Waals surface area (Å²) in [6.07, 6.45) is 9.46. The quantitative estimate of drug-likeness (QED) is 0.792. The number of piperidine rings is 1. The predicted molar refractivity (Wildman–Crippen MR) is 97.4 cm³/mol. The second-order valence-corrected chi connectivity index (χ2v) is 9.34. The minimum atomic E-state index is -3.23. The Hall–Kier alpha value is -1.41. The molecule has 25 heavy (non-hydrogen) atoms. The highest BCUT2D eigenvalue weighted by Gasteiger charge is 2.36. The van der Waals surface area contributed by atoms with Crippen LogP contribution in [0.25, 0.3) is 0 Å². The Balaban J connectivity index is 1.69. The maximum absolute atomic E-state index is 12.9. The summed E-state index contributed by atoms with van der Waals surface area (Å²) >= 11 is 0. The largest absolute Gasteiger partial charge is 0.470 e. The monoisotopic (exact) mass is 368 g/mol. The minimum absolute atomic E-state index is 0.178. The summed E-state index contributed by atoms with van der Waals surface area (Å²) in [4.78, 5) is 10.4. The summed E-state index contributed by atoms with van der Waals surface area (Å²) in [5, 5.41) is -0.214. The molecule has 1 unspecified atom stereocenters.